The molecule has 2 aliphatic rings. The van der Waals surface area contributed by atoms with Gasteiger partial charge in [0, 0.05) is 17.3 Å². The van der Waals surface area contributed by atoms with Crippen LogP contribution < -0.4 is 10.6 Å². The van der Waals surface area contributed by atoms with E-state index in [-0.39, 0.29) is 29.2 Å². The molecule has 0 saturated heterocycles. The number of benzene rings is 2. The molecule has 0 aromatic heterocycles. The summed E-state index contributed by atoms with van der Waals surface area (Å²) in [5, 5.41) is 5.82. The summed E-state index contributed by atoms with van der Waals surface area (Å²) in [4.78, 5) is 38.9. The number of hydrogen-bond acceptors (Lipinski definition) is 4. The van der Waals surface area contributed by atoms with Crippen molar-refractivity contribution in [1.82, 2.24) is 10.2 Å². The number of amides is 3. The van der Waals surface area contributed by atoms with Gasteiger partial charge < -0.3 is 10.6 Å². The second-order valence-electron chi connectivity index (χ2n) is 7.53. The average molecular weight is 424 g/mol. The highest BCUT2D eigenvalue weighted by Crippen LogP contribution is 2.27. The minimum atomic E-state index is -0.539. The maximum absolute atomic E-state index is 12.8. The van der Waals surface area contributed by atoms with Gasteiger partial charge in [-0.15, -0.1) is 0 Å². The lowest BCUT2D eigenvalue weighted by Gasteiger charge is -2.15. The largest absolute Gasteiger partial charge is 0.350 e. The summed E-state index contributed by atoms with van der Waals surface area (Å²) in [6.07, 6.45) is 4.27. The van der Waals surface area contributed by atoms with Gasteiger partial charge in [0.2, 0.25) is 0 Å². The summed E-state index contributed by atoms with van der Waals surface area (Å²) in [5.74, 6) is -1.18. The standard InChI is InChI=1S/C23H22ClN3O3/c24-19-20(23(30)27(22(19)29)14-15-7-2-1-3-8-15)25-18-12-6-9-16(13-18)21(28)26-17-10-4-5-11-17/h1-3,6-9,12-13,17,25H,4-5,10-11,14H2,(H,26,28). The molecule has 1 aliphatic heterocycles. The van der Waals surface area contributed by atoms with Crippen LogP contribution in [0.1, 0.15) is 41.6 Å². The Morgan fingerprint density at radius 3 is 2.47 bits per heavy atom. The van der Waals surface area contributed by atoms with Crippen LogP contribution in [0.2, 0.25) is 0 Å². The lowest BCUT2D eigenvalue weighted by Crippen LogP contribution is -2.32. The van der Waals surface area contributed by atoms with Crippen molar-refractivity contribution < 1.29 is 14.4 Å². The first-order valence-corrected chi connectivity index (χ1v) is 10.4. The van der Waals surface area contributed by atoms with E-state index in [4.69, 9.17) is 11.6 Å². The van der Waals surface area contributed by atoms with E-state index in [0.717, 1.165) is 36.1 Å². The molecule has 2 aromatic rings. The third-order valence-electron chi connectivity index (χ3n) is 5.38. The zero-order valence-corrected chi connectivity index (χ0v) is 17.1. The second-order valence-corrected chi connectivity index (χ2v) is 7.91. The van der Waals surface area contributed by atoms with Crippen molar-refractivity contribution in [2.45, 2.75) is 38.3 Å². The van der Waals surface area contributed by atoms with Crippen LogP contribution in [0.4, 0.5) is 5.69 Å². The molecule has 1 saturated carbocycles. The van der Waals surface area contributed by atoms with Crippen LogP contribution in [-0.2, 0) is 16.1 Å². The summed E-state index contributed by atoms with van der Waals surface area (Å²) >= 11 is 6.18. The Morgan fingerprint density at radius 1 is 1.00 bits per heavy atom. The Morgan fingerprint density at radius 2 is 1.73 bits per heavy atom. The number of halogens is 1. The molecule has 0 bridgehead atoms. The smallest absolute Gasteiger partial charge is 0.279 e. The molecule has 154 valence electrons. The topological polar surface area (TPSA) is 78.5 Å². The van der Waals surface area contributed by atoms with Gasteiger partial charge in [-0.1, -0.05) is 60.8 Å². The number of nitrogens with one attached hydrogen (secondary N) is 2. The summed E-state index contributed by atoms with van der Waals surface area (Å²) in [6, 6.07) is 16.3. The number of anilines is 1. The highest BCUT2D eigenvalue weighted by molar-refractivity contribution is 6.48. The monoisotopic (exact) mass is 423 g/mol. The molecule has 3 amide bonds. The van der Waals surface area contributed by atoms with Gasteiger partial charge in [0.15, 0.2) is 0 Å². The summed E-state index contributed by atoms with van der Waals surface area (Å²) < 4.78 is 0. The lowest BCUT2D eigenvalue weighted by atomic mass is 10.1. The second kappa shape index (κ2) is 8.71. The summed E-state index contributed by atoms with van der Waals surface area (Å²) in [5.41, 5.74) is 1.85. The normalized spacial score (nSPS) is 17.0. The molecule has 1 fully saturated rings. The number of carbonyl (C=O) groups is 3. The Balaban J connectivity index is 1.47. The van der Waals surface area contributed by atoms with Gasteiger partial charge in [0.25, 0.3) is 17.7 Å². The van der Waals surface area contributed by atoms with E-state index >= 15 is 0 Å². The third kappa shape index (κ3) is 4.24. The minimum Gasteiger partial charge on any atom is -0.350 e. The Kier molecular flexibility index (Phi) is 5.86. The number of rotatable bonds is 6. The first-order chi connectivity index (χ1) is 14.5. The number of imide groups is 1. The molecular formula is C23H22ClN3O3. The molecule has 1 heterocycles. The van der Waals surface area contributed by atoms with Crippen molar-refractivity contribution >= 4 is 35.0 Å². The van der Waals surface area contributed by atoms with Crippen molar-refractivity contribution in [1.29, 1.82) is 0 Å². The molecule has 2 aromatic carbocycles. The molecular weight excluding hydrogens is 402 g/mol. The van der Waals surface area contributed by atoms with E-state index in [1.807, 2.05) is 30.3 Å². The summed E-state index contributed by atoms with van der Waals surface area (Å²) in [7, 11) is 0. The molecule has 2 N–H and O–H groups in total. The Bertz CT molecular complexity index is 1010. The Hall–Kier alpha value is -3.12. The van der Waals surface area contributed by atoms with Gasteiger partial charge in [-0.2, -0.15) is 0 Å². The van der Waals surface area contributed by atoms with E-state index in [1.54, 1.807) is 24.3 Å². The SMILES string of the molecule is O=C(NC1CCCC1)c1cccc(NC2=C(Cl)C(=O)N(Cc3ccccc3)C2=O)c1. The van der Waals surface area contributed by atoms with Crippen LogP contribution in [0.15, 0.2) is 65.3 Å². The average Bonchev–Trinajstić information content (AvgIpc) is 3.34. The number of carbonyl (C=O) groups excluding carboxylic acids is 3. The predicted molar refractivity (Wildman–Crippen MR) is 115 cm³/mol. The van der Waals surface area contributed by atoms with Gasteiger partial charge >= 0.3 is 0 Å². The fraction of sp³-hybridized carbons (Fsp3) is 0.261. The van der Waals surface area contributed by atoms with Crippen LogP contribution in [-0.4, -0.2) is 28.7 Å². The van der Waals surface area contributed by atoms with Crippen molar-refractivity contribution in [3.05, 3.63) is 76.5 Å². The molecule has 0 unspecified atom stereocenters. The van der Waals surface area contributed by atoms with Crippen LogP contribution in [0, 0.1) is 0 Å². The molecule has 6 nitrogen and oxygen atoms in total. The quantitative estimate of drug-likeness (QED) is 0.693. The van der Waals surface area contributed by atoms with E-state index < -0.39 is 11.8 Å². The van der Waals surface area contributed by atoms with Gasteiger partial charge in [0.1, 0.15) is 10.7 Å². The lowest BCUT2D eigenvalue weighted by molar-refractivity contribution is -0.138. The van der Waals surface area contributed by atoms with Crippen LogP contribution in [0.3, 0.4) is 0 Å². The van der Waals surface area contributed by atoms with Gasteiger partial charge in [-0.05, 0) is 36.6 Å². The molecule has 4 rings (SSSR count). The molecule has 0 atom stereocenters. The summed E-state index contributed by atoms with van der Waals surface area (Å²) in [6.45, 7) is 0.143. The van der Waals surface area contributed by atoms with Crippen molar-refractivity contribution in [3.8, 4) is 0 Å². The molecule has 0 spiro atoms. The van der Waals surface area contributed by atoms with Crippen LogP contribution >= 0.6 is 11.6 Å². The van der Waals surface area contributed by atoms with E-state index in [2.05, 4.69) is 10.6 Å². The maximum atomic E-state index is 12.8. The highest BCUT2D eigenvalue weighted by Gasteiger charge is 2.37. The molecule has 7 heteroatoms. The zero-order valence-electron chi connectivity index (χ0n) is 16.4. The highest BCUT2D eigenvalue weighted by atomic mass is 35.5. The van der Waals surface area contributed by atoms with Crippen molar-refractivity contribution in [2.24, 2.45) is 0 Å². The van der Waals surface area contributed by atoms with Gasteiger partial charge in [-0.3, -0.25) is 19.3 Å². The van der Waals surface area contributed by atoms with Crippen molar-refractivity contribution in [3.63, 3.8) is 0 Å². The first-order valence-electron chi connectivity index (χ1n) is 10.0. The van der Waals surface area contributed by atoms with E-state index in [1.165, 1.54) is 0 Å². The third-order valence-corrected chi connectivity index (χ3v) is 5.73. The molecule has 1 aliphatic carbocycles. The van der Waals surface area contributed by atoms with E-state index in [9.17, 15) is 14.4 Å². The fourth-order valence-corrected chi connectivity index (χ4v) is 4.02. The van der Waals surface area contributed by atoms with Gasteiger partial charge in [0.05, 0.1) is 6.54 Å². The number of nitrogens with zero attached hydrogens (tertiary/aromatic N) is 1. The fourth-order valence-electron chi connectivity index (χ4n) is 3.79. The van der Waals surface area contributed by atoms with Crippen LogP contribution in [0.5, 0.6) is 0 Å². The number of hydrogen-bond donors (Lipinski definition) is 2. The van der Waals surface area contributed by atoms with E-state index in [0.29, 0.717) is 11.3 Å². The van der Waals surface area contributed by atoms with Gasteiger partial charge in [-0.25, -0.2) is 0 Å². The zero-order chi connectivity index (χ0) is 21.1. The predicted octanol–water partition coefficient (Wildman–Crippen LogP) is 3.79. The van der Waals surface area contributed by atoms with Crippen LogP contribution in [0.25, 0.3) is 0 Å². The Labute approximate surface area is 179 Å². The molecule has 30 heavy (non-hydrogen) atoms. The maximum Gasteiger partial charge on any atom is 0.279 e. The minimum absolute atomic E-state index is 0.0194. The first kappa shape index (κ1) is 20.2. The van der Waals surface area contributed by atoms with Crippen molar-refractivity contribution in [2.75, 3.05) is 5.32 Å². The molecule has 0 radical (unpaired) electrons.